The van der Waals surface area contributed by atoms with Gasteiger partial charge in [0, 0.05) is 24.6 Å². The number of nitrogens with zero attached hydrogens (tertiary/aromatic N) is 2. The zero-order valence-electron chi connectivity index (χ0n) is 16.9. The largest absolute Gasteiger partial charge is 0.495 e. The highest BCUT2D eigenvalue weighted by Gasteiger charge is 2.31. The second kappa shape index (κ2) is 9.63. The summed E-state index contributed by atoms with van der Waals surface area (Å²) in [7, 11) is 1.28. The molecule has 168 valence electrons. The Morgan fingerprint density at radius 1 is 1.09 bits per heavy atom. The Hall–Kier alpha value is -3.69. The summed E-state index contributed by atoms with van der Waals surface area (Å²) in [6.45, 7) is 0.112. The first kappa shape index (κ1) is 23.0. The second-order valence-corrected chi connectivity index (χ2v) is 6.85. The van der Waals surface area contributed by atoms with E-state index in [0.29, 0.717) is 11.3 Å². The first-order valence-electron chi connectivity index (χ1n) is 9.56. The fourth-order valence-corrected chi connectivity index (χ4v) is 2.97. The van der Waals surface area contributed by atoms with E-state index in [1.807, 2.05) is 0 Å². The Kier molecular flexibility index (Phi) is 6.92. The number of ether oxygens (including phenoxy) is 1. The molecule has 0 bridgehead atoms. The van der Waals surface area contributed by atoms with Crippen molar-refractivity contribution < 1.29 is 27.1 Å². The molecule has 6 nitrogen and oxygen atoms in total. The van der Waals surface area contributed by atoms with Crippen LogP contribution in [-0.2, 0) is 17.5 Å². The number of benzene rings is 2. The zero-order valence-corrected chi connectivity index (χ0v) is 16.9. The fourth-order valence-electron chi connectivity index (χ4n) is 2.97. The van der Waals surface area contributed by atoms with E-state index >= 15 is 0 Å². The summed E-state index contributed by atoms with van der Waals surface area (Å²) in [5, 5.41) is 6.63. The quantitative estimate of drug-likeness (QED) is 0.540. The molecule has 0 saturated carbocycles. The van der Waals surface area contributed by atoms with Crippen molar-refractivity contribution in [3.63, 3.8) is 0 Å². The highest BCUT2D eigenvalue weighted by atomic mass is 19.4. The van der Waals surface area contributed by atoms with Gasteiger partial charge < -0.3 is 10.1 Å². The van der Waals surface area contributed by atoms with Crippen LogP contribution in [0.2, 0.25) is 0 Å². The van der Waals surface area contributed by atoms with E-state index < -0.39 is 23.5 Å². The molecule has 3 aromatic rings. The number of methoxy groups -OCH3 is 1. The smallest absolute Gasteiger partial charge is 0.416 e. The van der Waals surface area contributed by atoms with E-state index in [0.717, 1.165) is 18.2 Å². The minimum absolute atomic E-state index is 0.0612. The van der Waals surface area contributed by atoms with E-state index in [9.17, 15) is 27.2 Å². The molecule has 32 heavy (non-hydrogen) atoms. The lowest BCUT2D eigenvalue weighted by atomic mass is 10.1. The van der Waals surface area contributed by atoms with E-state index in [-0.39, 0.29) is 36.4 Å². The van der Waals surface area contributed by atoms with Gasteiger partial charge in [0.2, 0.25) is 5.91 Å². The molecule has 0 aliphatic heterocycles. The molecule has 0 spiro atoms. The van der Waals surface area contributed by atoms with Crippen LogP contribution >= 0.6 is 0 Å². The van der Waals surface area contributed by atoms with E-state index in [4.69, 9.17) is 4.74 Å². The van der Waals surface area contributed by atoms with Crippen LogP contribution in [0.15, 0.2) is 59.4 Å². The summed E-state index contributed by atoms with van der Waals surface area (Å²) >= 11 is 0. The maximum atomic E-state index is 13.1. The molecule has 0 atom stereocenters. The maximum Gasteiger partial charge on any atom is 0.416 e. The van der Waals surface area contributed by atoms with Crippen LogP contribution in [0.3, 0.4) is 0 Å². The standard InChI is InChI=1S/C22H19F4N3O3/c1-32-19-10-6-15(22(24,25)26)13-18(19)27-20(30)3-2-12-29-21(31)11-9-17(28-29)14-4-7-16(23)8-5-14/h4-11,13H,2-3,12H2,1H3,(H,27,30). The average molecular weight is 449 g/mol. The normalized spacial score (nSPS) is 11.3. The van der Waals surface area contributed by atoms with Gasteiger partial charge in [-0.15, -0.1) is 0 Å². The zero-order chi connectivity index (χ0) is 23.3. The topological polar surface area (TPSA) is 73.2 Å². The highest BCUT2D eigenvalue weighted by molar-refractivity contribution is 5.92. The molecule has 10 heteroatoms. The van der Waals surface area contributed by atoms with Gasteiger partial charge in [-0.25, -0.2) is 9.07 Å². The number of anilines is 1. The number of carbonyl (C=O) groups is 1. The molecule has 2 aromatic carbocycles. The van der Waals surface area contributed by atoms with Gasteiger partial charge in [0.25, 0.3) is 5.56 Å². The number of hydrogen-bond acceptors (Lipinski definition) is 4. The number of hydrogen-bond donors (Lipinski definition) is 1. The predicted octanol–water partition coefficient (Wildman–Crippen LogP) is 4.50. The second-order valence-electron chi connectivity index (χ2n) is 6.85. The van der Waals surface area contributed by atoms with Crippen molar-refractivity contribution in [2.45, 2.75) is 25.6 Å². The highest BCUT2D eigenvalue weighted by Crippen LogP contribution is 2.35. The van der Waals surface area contributed by atoms with Gasteiger partial charge in [0.1, 0.15) is 11.6 Å². The summed E-state index contributed by atoms with van der Waals surface area (Å²) < 4.78 is 58.1. The van der Waals surface area contributed by atoms with E-state index in [1.54, 1.807) is 0 Å². The van der Waals surface area contributed by atoms with Gasteiger partial charge in [-0.2, -0.15) is 18.3 Å². The van der Waals surface area contributed by atoms with Crippen molar-refractivity contribution >= 4 is 11.6 Å². The van der Waals surface area contributed by atoms with Crippen molar-refractivity contribution in [3.8, 4) is 17.0 Å². The molecule has 0 aliphatic carbocycles. The Labute approximate surface area is 180 Å². The van der Waals surface area contributed by atoms with Gasteiger partial charge in [-0.3, -0.25) is 9.59 Å². The van der Waals surface area contributed by atoms with Gasteiger partial charge >= 0.3 is 6.18 Å². The lowest BCUT2D eigenvalue weighted by Crippen LogP contribution is -2.23. The number of nitrogens with one attached hydrogen (secondary N) is 1. The number of alkyl halides is 3. The van der Waals surface area contributed by atoms with Crippen LogP contribution < -0.4 is 15.6 Å². The van der Waals surface area contributed by atoms with E-state index in [2.05, 4.69) is 10.4 Å². The Balaban J connectivity index is 1.65. The molecule has 0 radical (unpaired) electrons. The molecule has 3 rings (SSSR count). The minimum Gasteiger partial charge on any atom is -0.495 e. The van der Waals surface area contributed by atoms with Crippen molar-refractivity contribution in [1.29, 1.82) is 0 Å². The van der Waals surface area contributed by atoms with Crippen LogP contribution in [-0.4, -0.2) is 22.8 Å². The monoisotopic (exact) mass is 449 g/mol. The number of carbonyl (C=O) groups excluding carboxylic acids is 1. The van der Waals surface area contributed by atoms with Crippen LogP contribution in [0.4, 0.5) is 23.2 Å². The van der Waals surface area contributed by atoms with Gasteiger partial charge in [-0.05, 0) is 55.0 Å². The molecular formula is C22H19F4N3O3. The van der Waals surface area contributed by atoms with Crippen LogP contribution in [0, 0.1) is 5.82 Å². The van der Waals surface area contributed by atoms with Crippen LogP contribution in [0.5, 0.6) is 5.75 Å². The van der Waals surface area contributed by atoms with Crippen molar-refractivity contribution in [2.75, 3.05) is 12.4 Å². The molecular weight excluding hydrogens is 430 g/mol. The summed E-state index contributed by atoms with van der Waals surface area (Å²) in [5.74, 6) is -0.841. The lowest BCUT2D eigenvalue weighted by Gasteiger charge is -2.14. The number of amides is 1. The van der Waals surface area contributed by atoms with Crippen molar-refractivity contribution in [2.24, 2.45) is 0 Å². The first-order chi connectivity index (χ1) is 15.2. The number of rotatable bonds is 7. The Bertz CT molecular complexity index is 1160. The van der Waals surface area contributed by atoms with Crippen molar-refractivity contribution in [3.05, 3.63) is 76.3 Å². The molecule has 0 fully saturated rings. The molecule has 1 N–H and O–H groups in total. The summed E-state index contributed by atoms with van der Waals surface area (Å²) in [4.78, 5) is 24.3. The van der Waals surface area contributed by atoms with Crippen molar-refractivity contribution in [1.82, 2.24) is 9.78 Å². The SMILES string of the molecule is COc1ccc(C(F)(F)F)cc1NC(=O)CCCn1nc(-c2ccc(F)cc2)ccc1=O. The third-order valence-electron chi connectivity index (χ3n) is 4.58. The molecule has 0 saturated heterocycles. The number of halogens is 4. The van der Waals surface area contributed by atoms with Gasteiger partial charge in [0.05, 0.1) is 24.1 Å². The Morgan fingerprint density at radius 2 is 1.81 bits per heavy atom. The van der Waals surface area contributed by atoms with Gasteiger partial charge in [0.15, 0.2) is 0 Å². The molecule has 0 unspecified atom stereocenters. The first-order valence-corrected chi connectivity index (χ1v) is 9.56. The third-order valence-corrected chi connectivity index (χ3v) is 4.58. The summed E-state index contributed by atoms with van der Waals surface area (Å²) in [6.07, 6.45) is -4.41. The van der Waals surface area contributed by atoms with Crippen LogP contribution in [0.25, 0.3) is 11.3 Å². The Morgan fingerprint density at radius 3 is 2.47 bits per heavy atom. The predicted molar refractivity (Wildman–Crippen MR) is 110 cm³/mol. The lowest BCUT2D eigenvalue weighted by molar-refractivity contribution is -0.137. The summed E-state index contributed by atoms with van der Waals surface area (Å²) in [5.41, 5.74) is -0.309. The van der Waals surface area contributed by atoms with Crippen LogP contribution in [0.1, 0.15) is 18.4 Å². The molecule has 1 aromatic heterocycles. The number of aryl methyl sites for hydroxylation is 1. The number of aromatic nitrogens is 2. The molecule has 1 amide bonds. The average Bonchev–Trinajstić information content (AvgIpc) is 2.75. The molecule has 1 heterocycles. The van der Waals surface area contributed by atoms with E-state index in [1.165, 1.54) is 48.2 Å². The van der Waals surface area contributed by atoms with Gasteiger partial charge in [-0.1, -0.05) is 0 Å². The summed E-state index contributed by atoms with van der Waals surface area (Å²) in [6, 6.07) is 11.2. The minimum atomic E-state index is -4.56. The maximum absolute atomic E-state index is 13.1. The fraction of sp³-hybridized carbons (Fsp3) is 0.227. The third kappa shape index (κ3) is 5.71. The molecule has 0 aliphatic rings.